The van der Waals surface area contributed by atoms with Crippen LogP contribution in [0.25, 0.3) is 10.9 Å². The van der Waals surface area contributed by atoms with E-state index in [9.17, 15) is 24.8 Å². The van der Waals surface area contributed by atoms with Crippen LogP contribution in [0.1, 0.15) is 23.2 Å². The number of fused-ring (bicyclic) bond motifs is 1. The molecule has 0 bridgehead atoms. The van der Waals surface area contributed by atoms with Crippen molar-refractivity contribution < 1.29 is 24.7 Å². The van der Waals surface area contributed by atoms with Gasteiger partial charge in [-0.15, -0.1) is 0 Å². The van der Waals surface area contributed by atoms with Crippen LogP contribution in [0.15, 0.2) is 30.5 Å². The summed E-state index contributed by atoms with van der Waals surface area (Å²) in [5.74, 6) is -1.70. The smallest absolute Gasteiger partial charge is 0.335 e. The second-order valence-corrected chi connectivity index (χ2v) is 5.92. The summed E-state index contributed by atoms with van der Waals surface area (Å²) in [6.07, 6.45) is 1.29. The third kappa shape index (κ3) is 2.89. The van der Waals surface area contributed by atoms with Crippen LogP contribution in [-0.2, 0) is 4.79 Å². The summed E-state index contributed by atoms with van der Waals surface area (Å²) in [5.41, 5.74) is -1.53. The molecular weight excluding hydrogens is 330 g/mol. The molecule has 9 nitrogen and oxygen atoms in total. The number of carbonyl (C=O) groups is 2. The van der Waals surface area contributed by atoms with E-state index in [0.29, 0.717) is 0 Å². The Bertz CT molecular complexity index is 873. The second kappa shape index (κ2) is 6.10. The highest BCUT2D eigenvalue weighted by atomic mass is 16.6. The number of nitro benzene ring substituents is 1. The molecule has 2 heterocycles. The van der Waals surface area contributed by atoms with Gasteiger partial charge in [-0.25, -0.2) is 4.79 Å². The summed E-state index contributed by atoms with van der Waals surface area (Å²) in [4.78, 5) is 40.0. The van der Waals surface area contributed by atoms with Gasteiger partial charge in [0.05, 0.1) is 21.4 Å². The van der Waals surface area contributed by atoms with Crippen LogP contribution in [0, 0.1) is 10.1 Å². The first-order valence-corrected chi connectivity index (χ1v) is 7.61. The molecule has 0 atom stereocenters. The molecule has 9 heteroatoms. The van der Waals surface area contributed by atoms with E-state index in [-0.39, 0.29) is 48.1 Å². The summed E-state index contributed by atoms with van der Waals surface area (Å²) in [5, 5.41) is 30.4. The lowest BCUT2D eigenvalue weighted by molar-refractivity contribution is -0.383. The highest BCUT2D eigenvalue weighted by Crippen LogP contribution is 2.29. The van der Waals surface area contributed by atoms with E-state index in [1.165, 1.54) is 29.3 Å². The zero-order valence-corrected chi connectivity index (χ0v) is 13.1. The van der Waals surface area contributed by atoms with Crippen molar-refractivity contribution in [2.24, 2.45) is 0 Å². The van der Waals surface area contributed by atoms with E-state index in [1.54, 1.807) is 6.07 Å². The zero-order chi connectivity index (χ0) is 18.2. The van der Waals surface area contributed by atoms with E-state index in [0.717, 1.165) is 0 Å². The van der Waals surface area contributed by atoms with Gasteiger partial charge in [0.25, 0.3) is 11.6 Å². The largest absolute Gasteiger partial charge is 0.479 e. The van der Waals surface area contributed by atoms with E-state index in [1.807, 2.05) is 0 Å². The van der Waals surface area contributed by atoms with Crippen molar-refractivity contribution in [2.45, 2.75) is 18.4 Å². The predicted octanol–water partition coefficient (Wildman–Crippen LogP) is 1.19. The number of aliphatic hydroxyl groups is 1. The number of nitrogens with zero attached hydrogens (tertiary/aromatic N) is 3. The van der Waals surface area contributed by atoms with Crippen molar-refractivity contribution >= 4 is 28.5 Å². The maximum atomic E-state index is 12.8. The fourth-order valence-corrected chi connectivity index (χ4v) is 2.95. The normalized spacial score (nSPS) is 16.6. The monoisotopic (exact) mass is 345 g/mol. The van der Waals surface area contributed by atoms with Crippen molar-refractivity contribution in [1.29, 1.82) is 0 Å². The third-order valence-corrected chi connectivity index (χ3v) is 4.45. The average molecular weight is 345 g/mol. The van der Waals surface area contributed by atoms with Crippen LogP contribution in [0.4, 0.5) is 5.69 Å². The van der Waals surface area contributed by atoms with Gasteiger partial charge in [-0.2, -0.15) is 0 Å². The molecule has 0 radical (unpaired) electrons. The molecule has 0 unspecified atom stereocenters. The molecule has 1 aromatic carbocycles. The number of amides is 1. The Hall–Kier alpha value is -3.07. The zero-order valence-electron chi connectivity index (χ0n) is 13.1. The first-order chi connectivity index (χ1) is 11.8. The lowest BCUT2D eigenvalue weighted by atomic mass is 9.91. The number of carboxylic acids is 1. The highest BCUT2D eigenvalue weighted by molar-refractivity contribution is 6.07. The van der Waals surface area contributed by atoms with Crippen molar-refractivity contribution in [3.05, 3.63) is 46.1 Å². The van der Waals surface area contributed by atoms with Crippen LogP contribution >= 0.6 is 0 Å². The number of rotatable bonds is 3. The average Bonchev–Trinajstić information content (AvgIpc) is 2.60. The number of carboxylic acid groups (broad SMARTS) is 1. The molecule has 2 aromatic rings. The minimum atomic E-state index is -1.83. The number of hydrogen-bond donors (Lipinski definition) is 2. The summed E-state index contributed by atoms with van der Waals surface area (Å²) >= 11 is 0. The van der Waals surface area contributed by atoms with Gasteiger partial charge in [0.15, 0.2) is 5.60 Å². The standard InChI is InChI=1S/C16H15N3O6/c20-14(18-8-5-16(23,6-9-18)15(21)22)11-3-4-12(19(24)25)10-2-1-7-17-13(10)11/h1-4,7,23H,5-6,8-9H2,(H,21,22). The minimum absolute atomic E-state index is 0.0763. The fourth-order valence-electron chi connectivity index (χ4n) is 2.95. The Labute approximate surface area is 141 Å². The molecule has 1 amide bonds. The van der Waals surface area contributed by atoms with E-state index in [4.69, 9.17) is 5.11 Å². The van der Waals surface area contributed by atoms with Gasteiger partial charge >= 0.3 is 5.97 Å². The number of likely N-dealkylation sites (tertiary alicyclic amines) is 1. The number of aromatic nitrogens is 1. The Morgan fingerprint density at radius 3 is 2.52 bits per heavy atom. The highest BCUT2D eigenvalue weighted by Gasteiger charge is 2.40. The maximum Gasteiger partial charge on any atom is 0.335 e. The lowest BCUT2D eigenvalue weighted by Crippen LogP contribution is -2.50. The molecule has 1 fully saturated rings. The third-order valence-electron chi connectivity index (χ3n) is 4.45. The van der Waals surface area contributed by atoms with Crippen molar-refractivity contribution in [1.82, 2.24) is 9.88 Å². The Morgan fingerprint density at radius 2 is 1.92 bits per heavy atom. The number of piperidine rings is 1. The molecule has 130 valence electrons. The molecule has 1 saturated heterocycles. The number of non-ortho nitro benzene ring substituents is 1. The topological polar surface area (TPSA) is 134 Å². The number of nitro groups is 1. The van der Waals surface area contributed by atoms with E-state index >= 15 is 0 Å². The van der Waals surface area contributed by atoms with Gasteiger partial charge in [0.1, 0.15) is 0 Å². The van der Waals surface area contributed by atoms with E-state index < -0.39 is 22.4 Å². The molecule has 1 aliphatic heterocycles. The van der Waals surface area contributed by atoms with Gasteiger partial charge in [-0.05, 0) is 18.2 Å². The Balaban J connectivity index is 1.93. The molecule has 2 N–H and O–H groups in total. The van der Waals surface area contributed by atoms with Gasteiger partial charge < -0.3 is 15.1 Å². The van der Waals surface area contributed by atoms with Gasteiger partial charge in [0, 0.05) is 38.2 Å². The van der Waals surface area contributed by atoms with Crippen molar-refractivity contribution in [2.75, 3.05) is 13.1 Å². The van der Waals surface area contributed by atoms with Gasteiger partial charge in [-0.1, -0.05) is 0 Å². The summed E-state index contributed by atoms with van der Waals surface area (Å²) in [6, 6.07) is 5.69. The summed E-state index contributed by atoms with van der Waals surface area (Å²) in [6.45, 7) is 0.153. The van der Waals surface area contributed by atoms with Crippen LogP contribution in [0.5, 0.6) is 0 Å². The van der Waals surface area contributed by atoms with Crippen LogP contribution in [-0.4, -0.2) is 55.6 Å². The number of pyridine rings is 1. The second-order valence-electron chi connectivity index (χ2n) is 5.92. The molecule has 25 heavy (non-hydrogen) atoms. The number of aliphatic carboxylic acids is 1. The number of benzene rings is 1. The van der Waals surface area contributed by atoms with Crippen molar-refractivity contribution in [3.8, 4) is 0 Å². The van der Waals surface area contributed by atoms with Crippen LogP contribution < -0.4 is 0 Å². The number of hydrogen-bond acceptors (Lipinski definition) is 6. The minimum Gasteiger partial charge on any atom is -0.479 e. The molecular formula is C16H15N3O6. The molecule has 1 aliphatic rings. The Kier molecular flexibility index (Phi) is 4.09. The summed E-state index contributed by atoms with van der Waals surface area (Å²) in [7, 11) is 0. The van der Waals surface area contributed by atoms with Gasteiger partial charge in [0.2, 0.25) is 0 Å². The quantitative estimate of drug-likeness (QED) is 0.630. The molecule has 1 aromatic heterocycles. The first kappa shape index (κ1) is 16.8. The van der Waals surface area contributed by atoms with Crippen LogP contribution in [0.2, 0.25) is 0 Å². The SMILES string of the molecule is O=C(c1ccc([N+](=O)[O-])c2cccnc12)N1CCC(O)(C(=O)O)CC1. The predicted molar refractivity (Wildman–Crippen MR) is 86.1 cm³/mol. The van der Waals surface area contributed by atoms with Crippen LogP contribution in [0.3, 0.4) is 0 Å². The molecule has 0 saturated carbocycles. The molecule has 3 rings (SSSR count). The number of carbonyl (C=O) groups excluding carboxylic acids is 1. The van der Waals surface area contributed by atoms with E-state index in [2.05, 4.69) is 4.98 Å². The fraction of sp³-hybridized carbons (Fsp3) is 0.312. The lowest BCUT2D eigenvalue weighted by Gasteiger charge is -2.35. The molecule has 0 spiro atoms. The first-order valence-electron chi connectivity index (χ1n) is 7.61. The van der Waals surface area contributed by atoms with Gasteiger partial charge in [-0.3, -0.25) is 19.9 Å². The summed E-state index contributed by atoms with van der Waals surface area (Å²) < 4.78 is 0. The maximum absolute atomic E-state index is 12.8. The van der Waals surface area contributed by atoms with Crippen molar-refractivity contribution in [3.63, 3.8) is 0 Å². The Morgan fingerprint density at radius 1 is 1.24 bits per heavy atom. The molecule has 0 aliphatic carbocycles.